The molecule has 6 heteroatoms. The molecule has 1 rings (SSSR count). The summed E-state index contributed by atoms with van der Waals surface area (Å²) in [6.45, 7) is 0. The van der Waals surface area contributed by atoms with Crippen LogP contribution in [0.15, 0.2) is 29.2 Å². The summed E-state index contributed by atoms with van der Waals surface area (Å²) in [5, 5.41) is 0. The van der Waals surface area contributed by atoms with Gasteiger partial charge in [-0.05, 0) is 16.7 Å². The fourth-order valence-electron chi connectivity index (χ4n) is 0.998. The average molecular weight is 233 g/mol. The lowest BCUT2D eigenvalue weighted by molar-refractivity contribution is 0.502. The third-order valence-electron chi connectivity index (χ3n) is 1.67. The Balaban J connectivity index is 2.95. The van der Waals surface area contributed by atoms with Crippen molar-refractivity contribution in [3.63, 3.8) is 0 Å². The maximum Gasteiger partial charge on any atom is 0.510 e. The minimum absolute atomic E-state index is 0.0549. The molecule has 1 aromatic carbocycles. The van der Waals surface area contributed by atoms with Crippen molar-refractivity contribution in [3.8, 4) is 0 Å². The third kappa shape index (κ3) is 3.18. The Morgan fingerprint density at radius 3 is 2.14 bits per heavy atom. The van der Waals surface area contributed by atoms with E-state index in [0.717, 1.165) is 6.26 Å². The van der Waals surface area contributed by atoms with Gasteiger partial charge in [-0.1, -0.05) is 12.1 Å². The van der Waals surface area contributed by atoms with Gasteiger partial charge in [-0.15, -0.1) is 0 Å². The minimum Gasteiger partial charge on any atom is -0.224 e. The molecule has 0 radical (unpaired) electrons. The van der Waals surface area contributed by atoms with Gasteiger partial charge in [-0.2, -0.15) is 4.89 Å². The van der Waals surface area contributed by atoms with Gasteiger partial charge in [-0.25, -0.2) is 8.42 Å². The Labute approximate surface area is 83.4 Å². The Morgan fingerprint density at radius 2 is 1.79 bits per heavy atom. The smallest absolute Gasteiger partial charge is 0.224 e. The van der Waals surface area contributed by atoms with E-state index in [-0.39, 0.29) is 11.1 Å². The van der Waals surface area contributed by atoms with Gasteiger partial charge in [0, 0.05) is 11.8 Å². The zero-order chi connectivity index (χ0) is 10.8. The lowest BCUT2D eigenvalue weighted by Crippen LogP contribution is -1.96. The van der Waals surface area contributed by atoms with Crippen LogP contribution in [-0.2, 0) is 20.6 Å². The van der Waals surface area contributed by atoms with Crippen LogP contribution in [0.4, 0.5) is 0 Å². The van der Waals surface area contributed by atoms with Gasteiger partial charge in [0.05, 0.1) is 4.90 Å². The van der Waals surface area contributed by atoms with Crippen molar-refractivity contribution in [1.29, 1.82) is 0 Å². The molecule has 0 spiro atoms. The van der Waals surface area contributed by atoms with E-state index in [1.54, 1.807) is 12.1 Å². The highest BCUT2D eigenvalue weighted by Gasteiger charge is 2.12. The summed E-state index contributed by atoms with van der Waals surface area (Å²) in [7, 11) is -5.40. The monoisotopic (exact) mass is 233 g/mol. The molecule has 0 aliphatic heterocycles. The molecule has 0 amide bonds. The second kappa shape index (κ2) is 4.17. The van der Waals surface area contributed by atoms with Crippen LogP contribution in [-0.4, -0.2) is 19.6 Å². The van der Waals surface area contributed by atoms with E-state index in [9.17, 15) is 13.0 Å². The lowest BCUT2D eigenvalue weighted by Gasteiger charge is -1.97. The number of hydrogen-bond donors (Lipinski definition) is 1. The molecule has 4 nitrogen and oxygen atoms in total. The minimum atomic E-state index is -3.18. The van der Waals surface area contributed by atoms with Gasteiger partial charge in [0.1, 0.15) is 0 Å². The first kappa shape index (κ1) is 11.3. The molecule has 0 fully saturated rings. The molecule has 76 valence electrons. The summed E-state index contributed by atoms with van der Waals surface area (Å²) in [5.74, 6) is 0. The van der Waals surface area contributed by atoms with Crippen LogP contribution in [0.1, 0.15) is 5.56 Å². The SMILES string of the molecule is CS(=O)(=O)c1ccc(C[P+](=O)O)cc1. The summed E-state index contributed by atoms with van der Waals surface area (Å²) in [6.07, 6.45) is 1.17. The van der Waals surface area contributed by atoms with Crippen molar-refractivity contribution in [2.24, 2.45) is 0 Å². The lowest BCUT2D eigenvalue weighted by atomic mass is 10.2. The molecule has 0 bridgehead atoms. The topological polar surface area (TPSA) is 71.4 Å². The van der Waals surface area contributed by atoms with Crippen LogP contribution >= 0.6 is 8.03 Å². The van der Waals surface area contributed by atoms with E-state index in [0.29, 0.717) is 5.56 Å². The third-order valence-corrected chi connectivity index (χ3v) is 3.43. The van der Waals surface area contributed by atoms with Crippen LogP contribution in [0, 0.1) is 0 Å². The van der Waals surface area contributed by atoms with Gasteiger partial charge in [-0.3, -0.25) is 0 Å². The molecular formula is C8H10O4PS+. The molecular weight excluding hydrogens is 223 g/mol. The van der Waals surface area contributed by atoms with Gasteiger partial charge in [0.2, 0.25) is 6.16 Å². The zero-order valence-corrected chi connectivity index (χ0v) is 9.25. The first-order chi connectivity index (χ1) is 6.39. The number of benzene rings is 1. The second-order valence-corrected chi connectivity index (χ2v) is 5.96. The molecule has 1 aromatic rings. The predicted molar refractivity (Wildman–Crippen MR) is 53.1 cm³/mol. The Morgan fingerprint density at radius 1 is 1.29 bits per heavy atom. The highest BCUT2D eigenvalue weighted by Crippen LogP contribution is 2.21. The Bertz CT molecular complexity index is 435. The van der Waals surface area contributed by atoms with E-state index >= 15 is 0 Å². The van der Waals surface area contributed by atoms with E-state index < -0.39 is 17.9 Å². The molecule has 1 unspecified atom stereocenters. The fraction of sp³-hybridized carbons (Fsp3) is 0.250. The van der Waals surface area contributed by atoms with Gasteiger partial charge < -0.3 is 0 Å². The molecule has 1 atom stereocenters. The van der Waals surface area contributed by atoms with E-state index in [1.165, 1.54) is 12.1 Å². The normalized spacial score (nSPS) is 12.6. The van der Waals surface area contributed by atoms with Crippen LogP contribution in [0.25, 0.3) is 0 Å². The maximum absolute atomic E-state index is 11.1. The van der Waals surface area contributed by atoms with Gasteiger partial charge in [0.15, 0.2) is 9.84 Å². The molecule has 1 N–H and O–H groups in total. The maximum atomic E-state index is 11.1. The number of hydrogen-bond acceptors (Lipinski definition) is 3. The van der Waals surface area contributed by atoms with E-state index in [2.05, 4.69) is 0 Å². The van der Waals surface area contributed by atoms with Crippen molar-refractivity contribution < 1.29 is 17.9 Å². The number of sulfone groups is 1. The summed E-state index contributed by atoms with van der Waals surface area (Å²) >= 11 is 0. The molecule has 14 heavy (non-hydrogen) atoms. The largest absolute Gasteiger partial charge is 0.510 e. The van der Waals surface area contributed by atoms with Crippen molar-refractivity contribution in [2.45, 2.75) is 11.1 Å². The van der Waals surface area contributed by atoms with Crippen molar-refractivity contribution in [1.82, 2.24) is 0 Å². The van der Waals surface area contributed by atoms with Crippen LogP contribution in [0.2, 0.25) is 0 Å². The van der Waals surface area contributed by atoms with Crippen molar-refractivity contribution in [3.05, 3.63) is 29.8 Å². The number of rotatable bonds is 3. The summed E-state index contributed by atoms with van der Waals surface area (Å²) < 4.78 is 32.6. The Kier molecular flexibility index (Phi) is 3.37. The van der Waals surface area contributed by atoms with E-state index in [1.807, 2.05) is 0 Å². The van der Waals surface area contributed by atoms with Crippen LogP contribution < -0.4 is 0 Å². The van der Waals surface area contributed by atoms with Crippen LogP contribution in [0.5, 0.6) is 0 Å². The molecule has 0 heterocycles. The summed E-state index contributed by atoms with van der Waals surface area (Å²) in [5.41, 5.74) is 0.654. The van der Waals surface area contributed by atoms with Crippen molar-refractivity contribution >= 4 is 17.9 Å². The van der Waals surface area contributed by atoms with Crippen LogP contribution in [0.3, 0.4) is 0 Å². The fourth-order valence-corrected chi connectivity index (χ4v) is 2.15. The average Bonchev–Trinajstić information content (AvgIpc) is 2.02. The molecule has 0 saturated carbocycles. The highest BCUT2D eigenvalue weighted by atomic mass is 32.2. The summed E-state index contributed by atoms with van der Waals surface area (Å²) in [4.78, 5) is 8.84. The van der Waals surface area contributed by atoms with Gasteiger partial charge in [0.25, 0.3) is 0 Å². The molecule has 0 aliphatic rings. The Hall–Kier alpha value is -0.770. The predicted octanol–water partition coefficient (Wildman–Crippen LogP) is 1.32. The zero-order valence-electron chi connectivity index (χ0n) is 7.54. The first-order valence-corrected chi connectivity index (χ1v) is 7.11. The van der Waals surface area contributed by atoms with Gasteiger partial charge >= 0.3 is 8.03 Å². The molecule has 0 saturated heterocycles. The second-order valence-electron chi connectivity index (χ2n) is 2.93. The standard InChI is InChI=1S/C8H9O4PS/c1-14(11,12)8-4-2-7(3-5-8)6-13(9)10/h2-5H,6H2,1H3/p+1. The first-order valence-electron chi connectivity index (χ1n) is 3.82. The quantitative estimate of drug-likeness (QED) is 0.799. The molecule has 0 aliphatic carbocycles. The highest BCUT2D eigenvalue weighted by molar-refractivity contribution is 7.90. The molecule has 0 aromatic heterocycles. The summed E-state index contributed by atoms with van der Waals surface area (Å²) in [6, 6.07) is 5.95. The van der Waals surface area contributed by atoms with E-state index in [4.69, 9.17) is 4.89 Å². The van der Waals surface area contributed by atoms with Crippen molar-refractivity contribution in [2.75, 3.05) is 6.26 Å².